The van der Waals surface area contributed by atoms with Crippen LogP contribution in [0.2, 0.25) is 0 Å². The van der Waals surface area contributed by atoms with Gasteiger partial charge < -0.3 is 10.2 Å². The number of carbonyl (C=O) groups is 2. The van der Waals surface area contributed by atoms with Crippen LogP contribution in [0.25, 0.3) is 0 Å². The van der Waals surface area contributed by atoms with Crippen molar-refractivity contribution in [1.29, 1.82) is 0 Å². The van der Waals surface area contributed by atoms with Crippen LogP contribution in [0.15, 0.2) is 54.6 Å². The lowest BCUT2D eigenvalue weighted by atomic mass is 10.0. The maximum atomic E-state index is 12.8. The fourth-order valence-electron chi connectivity index (χ4n) is 4.41. The lowest BCUT2D eigenvalue weighted by Gasteiger charge is -2.34. The number of nitrogens with one attached hydrogen (secondary N) is 1. The Kier molecular flexibility index (Phi) is 4.49. The number of hydrogen-bond acceptors (Lipinski definition) is 2. The smallest absolute Gasteiger partial charge is 0.251 e. The van der Waals surface area contributed by atoms with Crippen LogP contribution in [0, 0.1) is 12.8 Å². The van der Waals surface area contributed by atoms with Gasteiger partial charge in [-0.25, -0.2) is 0 Å². The van der Waals surface area contributed by atoms with E-state index in [2.05, 4.69) is 11.4 Å². The highest BCUT2D eigenvalue weighted by Gasteiger charge is 2.47. The van der Waals surface area contributed by atoms with Crippen molar-refractivity contribution >= 4 is 11.8 Å². The van der Waals surface area contributed by atoms with Crippen LogP contribution in [0.5, 0.6) is 0 Å². The third kappa shape index (κ3) is 3.36. The van der Waals surface area contributed by atoms with E-state index in [0.29, 0.717) is 17.9 Å². The maximum absolute atomic E-state index is 12.8. The average Bonchev–Trinajstić information content (AvgIpc) is 3.23. The molecular weight excluding hydrogens is 324 g/mol. The predicted octanol–water partition coefficient (Wildman–Crippen LogP) is 2.96. The number of aryl methyl sites for hydroxylation is 1. The molecule has 3 atom stereocenters. The molecule has 2 bridgehead atoms. The Morgan fingerprint density at radius 2 is 1.88 bits per heavy atom. The van der Waals surface area contributed by atoms with Crippen LogP contribution in [-0.2, 0) is 11.2 Å². The van der Waals surface area contributed by atoms with Gasteiger partial charge in [-0.05, 0) is 43.4 Å². The maximum Gasteiger partial charge on any atom is 0.251 e. The summed E-state index contributed by atoms with van der Waals surface area (Å²) in [7, 11) is 0. The molecule has 1 N–H and O–H groups in total. The lowest BCUT2D eigenvalue weighted by molar-refractivity contribution is -0.132. The lowest BCUT2D eigenvalue weighted by Crippen LogP contribution is -2.52. The molecular formula is C22H24N2O2. The number of piperidine rings is 1. The van der Waals surface area contributed by atoms with E-state index in [1.807, 2.05) is 60.4 Å². The first-order chi connectivity index (χ1) is 12.6. The minimum atomic E-state index is -0.0470. The molecule has 4 nitrogen and oxygen atoms in total. The van der Waals surface area contributed by atoms with E-state index in [0.717, 1.165) is 24.9 Å². The van der Waals surface area contributed by atoms with Crippen molar-refractivity contribution in [3.63, 3.8) is 0 Å². The fraction of sp³-hybridized carbons (Fsp3) is 0.364. The van der Waals surface area contributed by atoms with Gasteiger partial charge in [0.2, 0.25) is 5.91 Å². The molecule has 2 aliphatic rings. The molecule has 1 saturated carbocycles. The Labute approximate surface area is 154 Å². The van der Waals surface area contributed by atoms with E-state index < -0.39 is 0 Å². The van der Waals surface area contributed by atoms with Crippen molar-refractivity contribution in [2.75, 3.05) is 6.54 Å². The Morgan fingerprint density at radius 1 is 1.08 bits per heavy atom. The zero-order chi connectivity index (χ0) is 18.1. The van der Waals surface area contributed by atoms with Crippen molar-refractivity contribution < 1.29 is 9.59 Å². The summed E-state index contributed by atoms with van der Waals surface area (Å²) in [5, 5.41) is 3.15. The molecule has 2 amide bonds. The van der Waals surface area contributed by atoms with Crippen molar-refractivity contribution in [3.05, 3.63) is 71.3 Å². The van der Waals surface area contributed by atoms with Crippen molar-refractivity contribution in [1.82, 2.24) is 10.2 Å². The van der Waals surface area contributed by atoms with Crippen LogP contribution in [0.4, 0.5) is 0 Å². The number of carbonyl (C=O) groups excluding carboxylic acids is 2. The molecule has 2 fully saturated rings. The van der Waals surface area contributed by atoms with E-state index in [1.54, 1.807) is 0 Å². The molecule has 26 heavy (non-hydrogen) atoms. The first-order valence-corrected chi connectivity index (χ1v) is 9.31. The third-order valence-corrected chi connectivity index (χ3v) is 5.59. The van der Waals surface area contributed by atoms with Gasteiger partial charge >= 0.3 is 0 Å². The van der Waals surface area contributed by atoms with Gasteiger partial charge in [-0.15, -0.1) is 0 Å². The van der Waals surface area contributed by atoms with E-state index in [-0.39, 0.29) is 23.9 Å². The minimum Gasteiger partial charge on any atom is -0.347 e. The minimum absolute atomic E-state index is 0.0470. The molecule has 134 valence electrons. The first-order valence-electron chi connectivity index (χ1n) is 9.31. The van der Waals surface area contributed by atoms with Gasteiger partial charge in [0.1, 0.15) is 0 Å². The summed E-state index contributed by atoms with van der Waals surface area (Å²) in [5.74, 6) is 0.624. The number of rotatable bonds is 4. The number of fused-ring (bicyclic) bond motifs is 2. The SMILES string of the molecule is Cc1cccc(CC(=O)N2C[C@@H]3C[C@H](NC(=O)c4ccccc4)[C@H]2C3)c1. The average molecular weight is 348 g/mol. The molecule has 0 spiro atoms. The highest BCUT2D eigenvalue weighted by Crippen LogP contribution is 2.38. The second-order valence-corrected chi connectivity index (χ2v) is 7.56. The predicted molar refractivity (Wildman–Crippen MR) is 101 cm³/mol. The highest BCUT2D eigenvalue weighted by atomic mass is 16.2. The Hall–Kier alpha value is -2.62. The Bertz CT molecular complexity index is 818. The topological polar surface area (TPSA) is 49.4 Å². The molecule has 1 aliphatic carbocycles. The number of benzene rings is 2. The number of nitrogens with zero attached hydrogens (tertiary/aromatic N) is 1. The molecule has 4 rings (SSSR count). The monoisotopic (exact) mass is 348 g/mol. The number of hydrogen-bond donors (Lipinski definition) is 1. The largest absolute Gasteiger partial charge is 0.347 e. The number of likely N-dealkylation sites (tertiary alicyclic amines) is 1. The zero-order valence-electron chi connectivity index (χ0n) is 15.0. The second-order valence-electron chi connectivity index (χ2n) is 7.56. The van der Waals surface area contributed by atoms with Crippen LogP contribution in [-0.4, -0.2) is 35.3 Å². The molecule has 0 aromatic heterocycles. The molecule has 1 aliphatic heterocycles. The summed E-state index contributed by atoms with van der Waals surface area (Å²) < 4.78 is 0. The second kappa shape index (κ2) is 6.94. The van der Waals surface area contributed by atoms with Crippen LogP contribution in [0.3, 0.4) is 0 Å². The summed E-state index contributed by atoms with van der Waals surface area (Å²) in [6, 6.07) is 17.6. The summed E-state index contributed by atoms with van der Waals surface area (Å²) in [6.07, 6.45) is 2.40. The van der Waals surface area contributed by atoms with Crippen molar-refractivity contribution in [3.8, 4) is 0 Å². The Morgan fingerprint density at radius 3 is 2.62 bits per heavy atom. The molecule has 0 unspecified atom stereocenters. The highest BCUT2D eigenvalue weighted by molar-refractivity contribution is 5.94. The molecule has 1 saturated heterocycles. The summed E-state index contributed by atoms with van der Waals surface area (Å²) in [5.41, 5.74) is 2.90. The van der Waals surface area contributed by atoms with E-state index in [1.165, 1.54) is 5.56 Å². The van der Waals surface area contributed by atoms with Gasteiger partial charge in [0, 0.05) is 18.2 Å². The normalized spacial score (nSPS) is 23.9. The summed E-state index contributed by atoms with van der Waals surface area (Å²) in [4.78, 5) is 27.3. The van der Waals surface area contributed by atoms with E-state index >= 15 is 0 Å². The zero-order valence-corrected chi connectivity index (χ0v) is 15.0. The number of amides is 2. The molecule has 4 heteroatoms. The van der Waals surface area contributed by atoms with Gasteiger partial charge in [-0.1, -0.05) is 48.0 Å². The molecule has 2 aromatic rings. The third-order valence-electron chi connectivity index (χ3n) is 5.59. The van der Waals surface area contributed by atoms with Gasteiger partial charge in [-0.3, -0.25) is 9.59 Å². The van der Waals surface area contributed by atoms with Gasteiger partial charge in [-0.2, -0.15) is 0 Å². The Balaban J connectivity index is 1.42. The molecule has 0 radical (unpaired) electrons. The van der Waals surface area contributed by atoms with Crippen LogP contribution < -0.4 is 5.32 Å². The molecule has 1 heterocycles. The summed E-state index contributed by atoms with van der Waals surface area (Å²) in [6.45, 7) is 2.87. The van der Waals surface area contributed by atoms with Crippen LogP contribution >= 0.6 is 0 Å². The fourth-order valence-corrected chi connectivity index (χ4v) is 4.41. The molecule has 2 aromatic carbocycles. The van der Waals surface area contributed by atoms with E-state index in [9.17, 15) is 9.59 Å². The van der Waals surface area contributed by atoms with E-state index in [4.69, 9.17) is 0 Å². The first kappa shape index (κ1) is 16.8. The quantitative estimate of drug-likeness (QED) is 0.923. The summed E-state index contributed by atoms with van der Waals surface area (Å²) >= 11 is 0. The van der Waals surface area contributed by atoms with Gasteiger partial charge in [0.15, 0.2) is 0 Å². The standard InChI is InChI=1S/C22H24N2O2/c1-15-6-5-7-16(10-15)13-21(25)24-14-17-11-19(20(24)12-17)23-22(26)18-8-3-2-4-9-18/h2-10,17,19-20H,11-14H2,1H3,(H,23,26)/t17-,19+,20-/m1/s1. The van der Waals surface area contributed by atoms with Crippen molar-refractivity contribution in [2.24, 2.45) is 5.92 Å². The van der Waals surface area contributed by atoms with Crippen molar-refractivity contribution in [2.45, 2.75) is 38.3 Å². The van der Waals surface area contributed by atoms with Gasteiger partial charge in [0.25, 0.3) is 5.91 Å². The van der Waals surface area contributed by atoms with Gasteiger partial charge in [0.05, 0.1) is 12.5 Å². The van der Waals surface area contributed by atoms with Crippen LogP contribution in [0.1, 0.15) is 34.3 Å².